The van der Waals surface area contributed by atoms with Gasteiger partial charge in [-0.2, -0.15) is 13.2 Å². The molecule has 0 spiro atoms. The number of nitrogens with zero attached hydrogens (tertiary/aromatic N) is 5. The smallest absolute Gasteiger partial charge is 0.490 e. The second-order valence-corrected chi connectivity index (χ2v) is 7.01. The van der Waals surface area contributed by atoms with Crippen LogP contribution in [0.15, 0.2) is 41.2 Å². The molecule has 0 saturated carbocycles. The number of nitrogen functional groups attached to an aromatic ring is 1. The zero-order chi connectivity index (χ0) is 25.6. The molecule has 4 aromatic rings. The van der Waals surface area contributed by atoms with E-state index in [1.54, 1.807) is 6.20 Å². The Morgan fingerprint density at radius 1 is 1.20 bits per heavy atom. The first-order valence-corrected chi connectivity index (χ1v) is 10.3. The number of nitrogens with two attached hydrogens (primary N) is 2. The number of rotatable bonds is 7. The average Bonchev–Trinajstić information content (AvgIpc) is 3.42. The number of alkyl halides is 3. The van der Waals surface area contributed by atoms with Gasteiger partial charge in [-0.3, -0.25) is 0 Å². The third kappa shape index (κ3) is 5.66. The van der Waals surface area contributed by atoms with Crippen LogP contribution in [0.2, 0.25) is 0 Å². The Morgan fingerprint density at radius 2 is 1.89 bits per heavy atom. The van der Waals surface area contributed by atoms with Crippen LogP contribution in [0.3, 0.4) is 0 Å². The number of pyridine rings is 1. The van der Waals surface area contributed by atoms with Crippen molar-refractivity contribution in [3.63, 3.8) is 0 Å². The predicted octanol–water partition coefficient (Wildman–Crippen LogP) is 3.11. The number of carbonyl (C=O) groups is 1. The molecule has 4 rings (SSSR count). The molecule has 0 saturated heterocycles. The summed E-state index contributed by atoms with van der Waals surface area (Å²) in [6, 6.07) is 9.88. The van der Waals surface area contributed by atoms with E-state index in [0.29, 0.717) is 42.5 Å². The lowest BCUT2D eigenvalue weighted by atomic mass is 10.1. The molecule has 3 aromatic heterocycles. The van der Waals surface area contributed by atoms with Crippen molar-refractivity contribution in [3.8, 4) is 28.5 Å². The van der Waals surface area contributed by atoms with Gasteiger partial charge in [0, 0.05) is 12.1 Å². The summed E-state index contributed by atoms with van der Waals surface area (Å²) in [6.07, 6.45) is -2.61. The first-order valence-electron chi connectivity index (χ1n) is 10.3. The van der Waals surface area contributed by atoms with Gasteiger partial charge in [0.05, 0.1) is 18.5 Å². The van der Waals surface area contributed by atoms with Gasteiger partial charge < -0.3 is 25.9 Å². The summed E-state index contributed by atoms with van der Waals surface area (Å²) < 4.78 is 44.5. The zero-order valence-corrected chi connectivity index (χ0v) is 18.5. The third-order valence-electron chi connectivity index (χ3n) is 4.67. The topological polar surface area (TPSA) is 168 Å². The molecule has 0 bridgehead atoms. The van der Waals surface area contributed by atoms with Crippen LogP contribution in [0.5, 0.6) is 5.75 Å². The second-order valence-electron chi connectivity index (χ2n) is 7.01. The van der Waals surface area contributed by atoms with Gasteiger partial charge in [0.1, 0.15) is 11.0 Å². The molecule has 35 heavy (non-hydrogen) atoms. The number of ether oxygens (including phenoxy) is 1. The van der Waals surface area contributed by atoms with E-state index in [-0.39, 0.29) is 5.82 Å². The highest BCUT2D eigenvalue weighted by Crippen LogP contribution is 2.36. The van der Waals surface area contributed by atoms with E-state index in [2.05, 4.69) is 15.3 Å². The number of anilines is 1. The number of aromatic nitrogens is 5. The molecule has 0 atom stereocenters. The van der Waals surface area contributed by atoms with Crippen molar-refractivity contribution in [1.82, 2.24) is 24.8 Å². The Morgan fingerprint density at radius 3 is 2.43 bits per heavy atom. The second kappa shape index (κ2) is 10.8. The van der Waals surface area contributed by atoms with Gasteiger partial charge in [-0.05, 0) is 30.2 Å². The fraction of sp³-hybridized carbons (Fsp3) is 0.286. The van der Waals surface area contributed by atoms with Gasteiger partial charge in [0.2, 0.25) is 0 Å². The molecule has 5 N–H and O–H groups in total. The van der Waals surface area contributed by atoms with Crippen molar-refractivity contribution in [2.45, 2.75) is 26.1 Å². The SMILES string of the molecule is CCn1c(-c2nonc2N)nc2c(-c3ccccc3)ncc(OCCCN)c21.O=C(O)C(F)(F)F. The van der Waals surface area contributed by atoms with Gasteiger partial charge in [-0.1, -0.05) is 30.3 Å². The van der Waals surface area contributed by atoms with E-state index < -0.39 is 12.1 Å². The molecule has 186 valence electrons. The van der Waals surface area contributed by atoms with Crippen molar-refractivity contribution in [2.24, 2.45) is 5.73 Å². The number of aliphatic carboxylic acids is 1. The highest BCUT2D eigenvalue weighted by atomic mass is 19.4. The molecule has 0 aliphatic rings. The van der Waals surface area contributed by atoms with E-state index in [1.807, 2.05) is 41.8 Å². The van der Waals surface area contributed by atoms with Gasteiger partial charge in [0.15, 0.2) is 23.1 Å². The highest BCUT2D eigenvalue weighted by Gasteiger charge is 2.38. The van der Waals surface area contributed by atoms with E-state index >= 15 is 0 Å². The lowest BCUT2D eigenvalue weighted by Gasteiger charge is -2.11. The maximum Gasteiger partial charge on any atom is 0.490 e. The van der Waals surface area contributed by atoms with Crippen molar-refractivity contribution >= 4 is 22.8 Å². The molecule has 0 aliphatic heterocycles. The molecule has 0 radical (unpaired) electrons. The number of halogens is 3. The monoisotopic (exact) mass is 493 g/mol. The average molecular weight is 493 g/mol. The molecule has 0 aliphatic carbocycles. The number of hydrogen-bond donors (Lipinski definition) is 3. The number of hydrogen-bond acceptors (Lipinski definition) is 9. The van der Waals surface area contributed by atoms with Crippen LogP contribution in [0.4, 0.5) is 19.0 Å². The number of carboxylic acid groups (broad SMARTS) is 1. The van der Waals surface area contributed by atoms with Crippen LogP contribution in [0.1, 0.15) is 13.3 Å². The molecule has 1 aromatic carbocycles. The minimum absolute atomic E-state index is 0.185. The summed E-state index contributed by atoms with van der Waals surface area (Å²) in [5.41, 5.74) is 15.2. The van der Waals surface area contributed by atoms with Crippen molar-refractivity contribution in [3.05, 3.63) is 36.5 Å². The van der Waals surface area contributed by atoms with Crippen molar-refractivity contribution < 1.29 is 32.4 Å². The lowest BCUT2D eigenvalue weighted by molar-refractivity contribution is -0.192. The van der Waals surface area contributed by atoms with Crippen LogP contribution < -0.4 is 16.2 Å². The van der Waals surface area contributed by atoms with Gasteiger partial charge in [-0.15, -0.1) is 0 Å². The Kier molecular flexibility index (Phi) is 7.86. The molecule has 3 heterocycles. The largest absolute Gasteiger partial charge is 0.490 e. The van der Waals surface area contributed by atoms with Gasteiger partial charge in [-0.25, -0.2) is 19.4 Å². The normalized spacial score (nSPS) is 11.2. The summed E-state index contributed by atoms with van der Waals surface area (Å²) in [6.45, 7) is 3.69. The Labute approximate surface area is 196 Å². The molecule has 0 amide bonds. The zero-order valence-electron chi connectivity index (χ0n) is 18.5. The number of carboxylic acids is 1. The van der Waals surface area contributed by atoms with Gasteiger partial charge in [0.25, 0.3) is 0 Å². The fourth-order valence-electron chi connectivity index (χ4n) is 3.13. The lowest BCUT2D eigenvalue weighted by Crippen LogP contribution is -2.21. The summed E-state index contributed by atoms with van der Waals surface area (Å²) in [7, 11) is 0. The summed E-state index contributed by atoms with van der Waals surface area (Å²) in [5.74, 6) is -1.37. The molecule has 11 nitrogen and oxygen atoms in total. The van der Waals surface area contributed by atoms with Crippen LogP contribution in [-0.2, 0) is 11.3 Å². The van der Waals surface area contributed by atoms with Gasteiger partial charge >= 0.3 is 12.1 Å². The quantitative estimate of drug-likeness (QED) is 0.325. The first-order chi connectivity index (χ1) is 16.7. The number of benzene rings is 1. The Hall–Kier alpha value is -4.20. The highest BCUT2D eigenvalue weighted by molar-refractivity contribution is 5.95. The summed E-state index contributed by atoms with van der Waals surface area (Å²) >= 11 is 0. The number of aryl methyl sites for hydroxylation is 1. The molecule has 14 heteroatoms. The molecular weight excluding hydrogens is 471 g/mol. The first kappa shape index (κ1) is 25.4. The van der Waals surface area contributed by atoms with E-state index in [9.17, 15) is 13.2 Å². The number of fused-ring (bicyclic) bond motifs is 1. The maximum absolute atomic E-state index is 10.6. The minimum atomic E-state index is -5.08. The van der Waals surface area contributed by atoms with Crippen LogP contribution in [0, 0.1) is 0 Å². The minimum Gasteiger partial charge on any atom is -0.490 e. The predicted molar refractivity (Wildman–Crippen MR) is 119 cm³/mol. The standard InChI is InChI=1S/C19H21N7O2.C2HF3O2/c1-2-26-17-13(27-10-6-9-20)11-22-14(12-7-4-3-5-8-12)15(17)23-19(26)16-18(21)25-28-24-16;3-2(4,5)1(6)7/h3-5,7-8,11H,2,6,9-10,20H2,1H3,(H2,21,25);(H,6,7). The summed E-state index contributed by atoms with van der Waals surface area (Å²) in [4.78, 5) is 18.3. The maximum atomic E-state index is 10.6. The fourth-order valence-corrected chi connectivity index (χ4v) is 3.13. The molecular formula is C21H22F3N7O4. The van der Waals surface area contributed by atoms with Crippen LogP contribution >= 0.6 is 0 Å². The van der Waals surface area contributed by atoms with Crippen LogP contribution in [0.25, 0.3) is 33.8 Å². The van der Waals surface area contributed by atoms with Crippen molar-refractivity contribution in [2.75, 3.05) is 18.9 Å². The number of imidazole rings is 1. The molecule has 0 fully saturated rings. The summed E-state index contributed by atoms with van der Waals surface area (Å²) in [5, 5.41) is 14.7. The van der Waals surface area contributed by atoms with Crippen LogP contribution in [-0.4, -0.2) is 55.3 Å². The third-order valence-corrected chi connectivity index (χ3v) is 4.67. The Balaban J connectivity index is 0.000000429. The molecule has 0 unspecified atom stereocenters. The van der Waals surface area contributed by atoms with E-state index in [4.69, 9.17) is 35.7 Å². The Bertz CT molecular complexity index is 1290. The van der Waals surface area contributed by atoms with E-state index in [0.717, 1.165) is 23.2 Å². The van der Waals surface area contributed by atoms with Crippen molar-refractivity contribution in [1.29, 1.82) is 0 Å². The van der Waals surface area contributed by atoms with E-state index in [1.165, 1.54) is 0 Å².